The van der Waals surface area contributed by atoms with Crippen LogP contribution in [0.4, 0.5) is 0 Å². The molecule has 6 atom stereocenters. The number of aliphatic carboxylic acids is 1. The quantitative estimate of drug-likeness (QED) is 0.00983. The lowest BCUT2D eigenvalue weighted by Crippen LogP contribution is -2.38. The third-order valence-corrected chi connectivity index (χ3v) is 13.0. The molecule has 17 nitrogen and oxygen atoms in total. The molecule has 0 rings (SSSR count). The molecular formula is C47H85NO16P2S. The van der Waals surface area contributed by atoms with E-state index in [2.05, 4.69) is 37.4 Å². The zero-order valence-corrected chi connectivity index (χ0v) is 42.9. The normalized spacial score (nSPS) is 15.7. The number of carbonyl (C=O) groups is 3. The van der Waals surface area contributed by atoms with Crippen molar-refractivity contribution in [3.8, 4) is 0 Å². The Morgan fingerprint density at radius 3 is 1.88 bits per heavy atom. The maximum Gasteiger partial charge on any atom is 0.472 e. The van der Waals surface area contributed by atoms with E-state index in [1.807, 2.05) is 18.2 Å². The van der Waals surface area contributed by atoms with Gasteiger partial charge in [-0.05, 0) is 44.4 Å². The molecule has 0 fully saturated rings. The number of carboxylic acids is 1. The summed E-state index contributed by atoms with van der Waals surface area (Å²) >= 11 is 1.16. The van der Waals surface area contributed by atoms with Gasteiger partial charge in [-0.2, -0.15) is 0 Å². The van der Waals surface area contributed by atoms with Crippen LogP contribution in [-0.4, -0.2) is 110 Å². The summed E-state index contributed by atoms with van der Waals surface area (Å²) in [4.78, 5) is 64.7. The van der Waals surface area contributed by atoms with Gasteiger partial charge in [-0.15, -0.1) is 11.8 Å². The Kier molecular flexibility index (Phi) is 40.2. The number of phosphoric ester groups is 2. The highest BCUT2D eigenvalue weighted by atomic mass is 32.2. The second-order valence-electron chi connectivity index (χ2n) is 17.1. The molecule has 0 amide bonds. The van der Waals surface area contributed by atoms with Gasteiger partial charge in [0.1, 0.15) is 18.8 Å². The number of allylic oxidation sites excluding steroid dienone is 7. The summed E-state index contributed by atoms with van der Waals surface area (Å²) in [6.45, 7) is 3.47. The first-order valence-electron chi connectivity index (χ1n) is 24.1. The van der Waals surface area contributed by atoms with Crippen LogP contribution in [0.15, 0.2) is 48.6 Å². The number of thioether (sulfide) groups is 1. The predicted molar refractivity (Wildman–Crippen MR) is 263 cm³/mol. The van der Waals surface area contributed by atoms with Gasteiger partial charge in [0.15, 0.2) is 6.10 Å². The Bertz CT molecular complexity index is 1510. The van der Waals surface area contributed by atoms with Crippen LogP contribution in [0.5, 0.6) is 0 Å². The van der Waals surface area contributed by atoms with Gasteiger partial charge in [0.2, 0.25) is 0 Å². The van der Waals surface area contributed by atoms with Crippen molar-refractivity contribution < 1.29 is 76.6 Å². The summed E-state index contributed by atoms with van der Waals surface area (Å²) in [6.07, 6.45) is 31.6. The van der Waals surface area contributed by atoms with Crippen LogP contribution in [-0.2, 0) is 46.6 Å². The summed E-state index contributed by atoms with van der Waals surface area (Å²) < 4.78 is 48.0. The van der Waals surface area contributed by atoms with Crippen LogP contribution < -0.4 is 5.73 Å². The Morgan fingerprint density at radius 2 is 1.27 bits per heavy atom. The van der Waals surface area contributed by atoms with Gasteiger partial charge < -0.3 is 45.2 Å². The van der Waals surface area contributed by atoms with Crippen molar-refractivity contribution >= 4 is 45.3 Å². The van der Waals surface area contributed by atoms with E-state index in [0.29, 0.717) is 6.42 Å². The van der Waals surface area contributed by atoms with Gasteiger partial charge in [-0.25, -0.2) is 9.13 Å². The minimum Gasteiger partial charge on any atom is -0.481 e. The molecule has 0 aliphatic heterocycles. The smallest absolute Gasteiger partial charge is 0.472 e. The SMILES string of the molecule is CCCCC/C=C\C\C=C/C=C/C=C/[C@@H](SC[C@H](N)C(=O)OC[C@H](COP(=O)(O)OC[C@@H](O)COP(=O)(O)O)OC(=O)CCCCCCCCCCCCCCC(C)C)[C@@H](O)CCCC(=O)O. The highest BCUT2D eigenvalue weighted by Crippen LogP contribution is 2.44. The number of esters is 2. The number of ether oxygens (including phenoxy) is 2. The number of rotatable bonds is 45. The monoisotopic (exact) mass is 1010 g/mol. The van der Waals surface area contributed by atoms with E-state index in [1.165, 1.54) is 70.6 Å². The van der Waals surface area contributed by atoms with Crippen LogP contribution in [0.2, 0.25) is 0 Å². The lowest BCUT2D eigenvalue weighted by atomic mass is 10.0. The standard InChI is InChI=1S/C47H85NO16P2S/c1-4-5-6-7-8-9-10-14-17-20-23-26-31-44(43(50)30-28-32-45(51)52)67-38-42(48)47(54)60-36-41(37-63-66(58,59)62-35-40(49)34-61-65(55,56)57)64-46(53)33-27-24-21-18-15-12-11-13-16-19-22-25-29-39(2)3/h8-9,14,17,20,23,26,31,39-44,49-50H,4-7,10-13,15-16,18-19,21-22,24-25,27-30,32-38,48H2,1-3H3,(H,51,52)(H,58,59)(H2,55,56,57)/b9-8-,17-14-,23-20+,31-26+/t40-,41+,42-,43-,44+/m0/s1. The Hall–Kier alpha value is -2.18. The van der Waals surface area contributed by atoms with Crippen molar-refractivity contribution in [1.29, 1.82) is 0 Å². The van der Waals surface area contributed by atoms with Gasteiger partial charge in [-0.1, -0.05) is 159 Å². The van der Waals surface area contributed by atoms with E-state index in [1.54, 1.807) is 18.2 Å². The zero-order valence-electron chi connectivity index (χ0n) is 40.3. The molecule has 20 heteroatoms. The lowest BCUT2D eigenvalue weighted by molar-refractivity contribution is -0.161. The van der Waals surface area contributed by atoms with E-state index in [9.17, 15) is 38.6 Å². The van der Waals surface area contributed by atoms with Gasteiger partial charge in [0, 0.05) is 23.8 Å². The van der Waals surface area contributed by atoms with Crippen molar-refractivity contribution in [1.82, 2.24) is 0 Å². The van der Waals surface area contributed by atoms with E-state index >= 15 is 0 Å². The third kappa shape index (κ3) is 43.6. The van der Waals surface area contributed by atoms with Gasteiger partial charge in [0.05, 0.1) is 25.9 Å². The summed E-state index contributed by atoms with van der Waals surface area (Å²) in [5.41, 5.74) is 6.16. The van der Waals surface area contributed by atoms with Crippen LogP contribution in [0, 0.1) is 5.92 Å². The highest BCUT2D eigenvalue weighted by Gasteiger charge is 2.29. The van der Waals surface area contributed by atoms with Crippen molar-refractivity contribution in [3.63, 3.8) is 0 Å². The largest absolute Gasteiger partial charge is 0.481 e. The average Bonchev–Trinajstić information content (AvgIpc) is 3.26. The molecule has 8 N–H and O–H groups in total. The minimum atomic E-state index is -4.94. The number of carboxylic acid groups (broad SMARTS) is 1. The number of phosphoric acid groups is 2. The van der Waals surface area contributed by atoms with Crippen molar-refractivity contribution in [2.75, 3.05) is 32.2 Å². The molecule has 0 aromatic rings. The first kappa shape index (κ1) is 64.8. The maximum atomic E-state index is 13.0. The van der Waals surface area contributed by atoms with Crippen LogP contribution in [0.25, 0.3) is 0 Å². The third-order valence-electron chi connectivity index (χ3n) is 10.1. The molecule has 67 heavy (non-hydrogen) atoms. The van der Waals surface area contributed by atoms with E-state index < -0.39 is 89.6 Å². The number of hydrogen-bond acceptors (Lipinski definition) is 14. The molecule has 0 radical (unpaired) electrons. The Labute approximate surface area is 404 Å². The molecule has 0 aliphatic rings. The molecule has 0 spiro atoms. The molecule has 1 unspecified atom stereocenters. The Balaban J connectivity index is 5.32. The number of aliphatic hydroxyl groups excluding tert-OH is 2. The number of aliphatic hydroxyl groups is 2. The molecule has 0 saturated carbocycles. The number of nitrogens with two attached hydrogens (primary N) is 1. The predicted octanol–water partition coefficient (Wildman–Crippen LogP) is 9.40. The molecule has 0 aromatic carbocycles. The summed E-state index contributed by atoms with van der Waals surface area (Å²) in [7, 11) is -9.87. The first-order chi connectivity index (χ1) is 31.8. The van der Waals surface area contributed by atoms with Gasteiger partial charge in [0.25, 0.3) is 0 Å². The summed E-state index contributed by atoms with van der Waals surface area (Å²) in [5.74, 6) is -1.81. The molecule has 390 valence electrons. The van der Waals surface area contributed by atoms with Crippen LogP contribution >= 0.6 is 27.4 Å². The number of carbonyl (C=O) groups excluding carboxylic acids is 2. The molecule has 0 bridgehead atoms. The Morgan fingerprint density at radius 1 is 0.672 bits per heavy atom. The maximum absolute atomic E-state index is 13.0. The lowest BCUT2D eigenvalue weighted by Gasteiger charge is -2.22. The fourth-order valence-electron chi connectivity index (χ4n) is 6.33. The molecule has 0 saturated heterocycles. The number of hydrogen-bond donors (Lipinski definition) is 7. The summed E-state index contributed by atoms with van der Waals surface area (Å²) in [6, 6.07) is -1.22. The van der Waals surface area contributed by atoms with E-state index in [-0.39, 0.29) is 31.4 Å². The van der Waals surface area contributed by atoms with Gasteiger partial charge in [-0.3, -0.25) is 28.0 Å². The molecule has 0 heterocycles. The molecule has 0 aliphatic carbocycles. The van der Waals surface area contributed by atoms with Crippen LogP contribution in [0.1, 0.15) is 162 Å². The van der Waals surface area contributed by atoms with E-state index in [4.69, 9.17) is 39.1 Å². The van der Waals surface area contributed by atoms with Gasteiger partial charge >= 0.3 is 33.6 Å². The van der Waals surface area contributed by atoms with E-state index in [0.717, 1.165) is 56.2 Å². The average molecular weight is 1010 g/mol. The van der Waals surface area contributed by atoms with Crippen molar-refractivity contribution in [3.05, 3.63) is 48.6 Å². The minimum absolute atomic E-state index is 0.0225. The fraction of sp³-hybridized carbons (Fsp3) is 0.766. The zero-order chi connectivity index (χ0) is 50.2. The van der Waals surface area contributed by atoms with Crippen molar-refractivity contribution in [2.24, 2.45) is 11.7 Å². The first-order valence-corrected chi connectivity index (χ1v) is 28.2. The fourth-order valence-corrected chi connectivity index (χ4v) is 8.61. The number of unbranched alkanes of at least 4 members (excludes halogenated alkanes) is 14. The van der Waals surface area contributed by atoms with Crippen molar-refractivity contribution in [2.45, 2.75) is 192 Å². The van der Waals surface area contributed by atoms with Crippen LogP contribution in [0.3, 0.4) is 0 Å². The molecular weight excluding hydrogens is 929 g/mol. The topological polar surface area (TPSA) is 279 Å². The highest BCUT2D eigenvalue weighted by molar-refractivity contribution is 8.00. The second-order valence-corrected chi connectivity index (χ2v) is 21.0. The second kappa shape index (κ2) is 41.6. The summed E-state index contributed by atoms with van der Waals surface area (Å²) in [5, 5.41) is 29.2. The molecule has 0 aromatic heterocycles.